The van der Waals surface area contributed by atoms with Crippen molar-refractivity contribution in [3.8, 4) is 33.8 Å². The second-order valence-electron chi connectivity index (χ2n) is 9.31. The first-order chi connectivity index (χ1) is 18.3. The topological polar surface area (TPSA) is 38.7 Å². The van der Waals surface area contributed by atoms with Crippen LogP contribution < -0.4 is 5.46 Å². The Labute approximate surface area is 215 Å². The van der Waals surface area contributed by atoms with E-state index in [2.05, 4.69) is 105 Å². The minimum Gasteiger partial charge on any atom is -0.247 e. The molecule has 0 atom stereocenters. The van der Waals surface area contributed by atoms with Crippen LogP contribution in [0.4, 0.5) is 0 Å². The molecule has 0 N–H and O–H groups in total. The molecule has 0 radical (unpaired) electrons. The minimum absolute atomic E-state index is 0.883. The molecule has 0 aliphatic heterocycles. The highest BCUT2D eigenvalue weighted by atomic mass is 14.8. The molecular formula is C33H22BN3. The Bertz CT molecular complexity index is 1920. The van der Waals surface area contributed by atoms with Crippen molar-refractivity contribution in [2.24, 2.45) is 0 Å². The molecule has 3 nitrogen and oxygen atoms in total. The zero-order chi connectivity index (χ0) is 24.8. The molecule has 0 amide bonds. The second-order valence-corrected chi connectivity index (χ2v) is 9.31. The molecule has 172 valence electrons. The Morgan fingerprint density at radius 1 is 0.432 bits per heavy atom. The third kappa shape index (κ3) is 3.57. The smallest absolute Gasteiger partial charge is 0.142 e. The summed E-state index contributed by atoms with van der Waals surface area (Å²) >= 11 is 0. The summed E-state index contributed by atoms with van der Waals surface area (Å²) in [5.74, 6) is 0. The minimum atomic E-state index is 0.883. The van der Waals surface area contributed by atoms with E-state index < -0.39 is 0 Å². The Hall–Kier alpha value is -4.83. The maximum Gasteiger partial charge on any atom is 0.142 e. The first-order valence-electron chi connectivity index (χ1n) is 12.5. The molecule has 37 heavy (non-hydrogen) atoms. The molecule has 0 aliphatic carbocycles. The molecule has 0 fully saturated rings. The van der Waals surface area contributed by atoms with E-state index >= 15 is 0 Å². The molecular weight excluding hydrogens is 449 g/mol. The molecule has 5 aromatic carbocycles. The van der Waals surface area contributed by atoms with Gasteiger partial charge in [0.2, 0.25) is 0 Å². The Balaban J connectivity index is 1.68. The molecule has 0 saturated carbocycles. The Morgan fingerprint density at radius 2 is 0.919 bits per heavy atom. The van der Waals surface area contributed by atoms with Crippen LogP contribution in [0.15, 0.2) is 121 Å². The third-order valence-electron chi connectivity index (χ3n) is 6.94. The van der Waals surface area contributed by atoms with E-state index in [9.17, 15) is 0 Å². The van der Waals surface area contributed by atoms with E-state index in [4.69, 9.17) is 15.0 Å². The molecule has 4 heteroatoms. The lowest BCUT2D eigenvalue weighted by molar-refractivity contribution is 1.30. The lowest BCUT2D eigenvalue weighted by Gasteiger charge is -2.16. The maximum absolute atomic E-state index is 5.41. The second kappa shape index (κ2) is 8.68. The number of aromatic nitrogens is 3. The summed E-state index contributed by atoms with van der Waals surface area (Å²) in [7, 11) is 2.12. The lowest BCUT2D eigenvalue weighted by Crippen LogP contribution is -2.10. The van der Waals surface area contributed by atoms with Crippen LogP contribution in [0.5, 0.6) is 0 Å². The van der Waals surface area contributed by atoms with Crippen molar-refractivity contribution in [1.29, 1.82) is 0 Å². The van der Waals surface area contributed by atoms with E-state index in [-0.39, 0.29) is 0 Å². The fourth-order valence-corrected chi connectivity index (χ4v) is 5.20. The highest BCUT2D eigenvalue weighted by molar-refractivity contribution is 6.41. The number of nitrogens with zero attached hydrogens (tertiary/aromatic N) is 3. The number of pyridine rings is 1. The van der Waals surface area contributed by atoms with Gasteiger partial charge in [0.1, 0.15) is 7.85 Å². The quantitative estimate of drug-likeness (QED) is 0.216. The number of hydrogen-bond donors (Lipinski definition) is 0. The first kappa shape index (κ1) is 21.5. The van der Waals surface area contributed by atoms with Gasteiger partial charge < -0.3 is 0 Å². The van der Waals surface area contributed by atoms with Crippen LogP contribution >= 0.6 is 0 Å². The van der Waals surface area contributed by atoms with E-state index in [0.717, 1.165) is 71.9 Å². The van der Waals surface area contributed by atoms with Crippen molar-refractivity contribution in [2.45, 2.75) is 0 Å². The summed E-state index contributed by atoms with van der Waals surface area (Å²) in [5, 5.41) is 3.27. The molecule has 0 bridgehead atoms. The number of para-hydroxylation sites is 1. The largest absolute Gasteiger partial charge is 0.247 e. The van der Waals surface area contributed by atoms with Crippen LogP contribution in [-0.4, -0.2) is 22.8 Å². The summed E-state index contributed by atoms with van der Waals surface area (Å²) in [6.45, 7) is 0. The van der Waals surface area contributed by atoms with Crippen LogP contribution in [0.1, 0.15) is 0 Å². The van der Waals surface area contributed by atoms with Crippen molar-refractivity contribution in [3.63, 3.8) is 0 Å². The Kier molecular flexibility index (Phi) is 5.04. The van der Waals surface area contributed by atoms with Gasteiger partial charge in [-0.25, -0.2) is 15.0 Å². The molecule has 7 rings (SSSR count). The average Bonchev–Trinajstić information content (AvgIpc) is 2.97. The highest BCUT2D eigenvalue weighted by Crippen LogP contribution is 2.38. The van der Waals surface area contributed by atoms with Crippen LogP contribution in [0.25, 0.3) is 66.5 Å². The third-order valence-corrected chi connectivity index (χ3v) is 6.94. The van der Waals surface area contributed by atoms with Gasteiger partial charge >= 0.3 is 0 Å². The van der Waals surface area contributed by atoms with Gasteiger partial charge in [0.05, 0.1) is 33.6 Å². The van der Waals surface area contributed by atoms with Gasteiger partial charge in [-0.1, -0.05) is 121 Å². The lowest BCUT2D eigenvalue weighted by atomic mass is 9.88. The van der Waals surface area contributed by atoms with E-state index in [0.29, 0.717) is 0 Å². The van der Waals surface area contributed by atoms with E-state index in [1.54, 1.807) is 0 Å². The highest BCUT2D eigenvalue weighted by Gasteiger charge is 2.19. The van der Waals surface area contributed by atoms with Crippen molar-refractivity contribution in [1.82, 2.24) is 15.0 Å². The van der Waals surface area contributed by atoms with Gasteiger partial charge in [-0.15, -0.1) is 0 Å². The van der Waals surface area contributed by atoms with Crippen molar-refractivity contribution in [3.05, 3.63) is 121 Å². The maximum atomic E-state index is 5.41. The molecule has 0 saturated heterocycles. The van der Waals surface area contributed by atoms with Gasteiger partial charge in [0.25, 0.3) is 0 Å². The first-order valence-corrected chi connectivity index (χ1v) is 12.5. The van der Waals surface area contributed by atoms with Gasteiger partial charge in [0.15, 0.2) is 0 Å². The monoisotopic (exact) mass is 471 g/mol. The zero-order valence-corrected chi connectivity index (χ0v) is 20.4. The van der Waals surface area contributed by atoms with Gasteiger partial charge in [-0.2, -0.15) is 0 Å². The van der Waals surface area contributed by atoms with Crippen molar-refractivity contribution in [2.75, 3.05) is 0 Å². The van der Waals surface area contributed by atoms with Crippen LogP contribution in [-0.2, 0) is 0 Å². The van der Waals surface area contributed by atoms with E-state index in [1.165, 1.54) is 0 Å². The molecule has 2 heterocycles. The average molecular weight is 471 g/mol. The summed E-state index contributed by atoms with van der Waals surface area (Å²) in [5.41, 5.74) is 9.80. The summed E-state index contributed by atoms with van der Waals surface area (Å²) in [6.07, 6.45) is 0. The fourth-order valence-electron chi connectivity index (χ4n) is 5.20. The van der Waals surface area contributed by atoms with Crippen LogP contribution in [0.2, 0.25) is 0 Å². The van der Waals surface area contributed by atoms with E-state index in [1.807, 2.05) is 24.3 Å². The predicted molar refractivity (Wildman–Crippen MR) is 157 cm³/mol. The normalized spacial score (nSPS) is 11.4. The van der Waals surface area contributed by atoms with Crippen molar-refractivity contribution < 1.29 is 0 Å². The number of rotatable bonds is 3. The zero-order valence-electron chi connectivity index (χ0n) is 20.4. The molecule has 0 spiro atoms. The summed E-state index contributed by atoms with van der Waals surface area (Å²) in [6, 6.07) is 41.7. The number of benzene rings is 5. The Morgan fingerprint density at radius 3 is 1.51 bits per heavy atom. The number of hydrogen-bond acceptors (Lipinski definition) is 3. The van der Waals surface area contributed by atoms with Gasteiger partial charge in [0, 0.05) is 32.8 Å². The standard InChI is InChI=1S/C33H22BN3/c34-26-20-25-28(24-18-10-11-19-27(24)35-29(25)21-12-4-1-5-13-21)33-32(26)36-30(22-14-6-2-7-15-22)31(37-33)23-16-8-3-9-17-23/h1-20H,34H2. The van der Waals surface area contributed by atoms with Gasteiger partial charge in [-0.3, -0.25) is 0 Å². The summed E-state index contributed by atoms with van der Waals surface area (Å²) in [4.78, 5) is 15.8. The molecule has 0 unspecified atom stereocenters. The van der Waals surface area contributed by atoms with Gasteiger partial charge in [-0.05, 0) is 6.07 Å². The molecule has 7 aromatic rings. The fraction of sp³-hybridized carbons (Fsp3) is 0. The molecule has 0 aliphatic rings. The van der Waals surface area contributed by atoms with Crippen LogP contribution in [0.3, 0.4) is 0 Å². The van der Waals surface area contributed by atoms with Crippen LogP contribution in [0, 0.1) is 0 Å². The molecule has 2 aromatic heterocycles. The SMILES string of the molecule is Bc1cc2c(-c3ccccc3)nc3ccccc3c2c2nc(-c3ccccc3)c(-c3ccccc3)nc12. The van der Waals surface area contributed by atoms with Crippen molar-refractivity contribution >= 4 is 46.0 Å². The number of fused-ring (bicyclic) bond motifs is 5. The predicted octanol–water partition coefficient (Wildman–Crippen LogP) is 6.59. The summed E-state index contributed by atoms with van der Waals surface area (Å²) < 4.78 is 0.